The van der Waals surface area contributed by atoms with Crippen LogP contribution in [0, 0.1) is 13.8 Å². The van der Waals surface area contributed by atoms with E-state index in [4.69, 9.17) is 0 Å². The van der Waals surface area contributed by atoms with Gasteiger partial charge in [0.2, 0.25) is 0 Å². The first-order valence-corrected chi connectivity index (χ1v) is 8.28. The molecule has 6 nitrogen and oxygen atoms in total. The number of benzene rings is 2. The average molecular weight is 348 g/mol. The standard InChI is InChI=1S/C20H20N4O2/c1-13-8-9-14(2)16(12-13)19(25)23-18(15-6-4-3-5-7-15)20(26)22-17-10-11-21-24-17/h3-12,18H,1-2H3,(H,23,25)(H2,21,22,24,26)/t18-/m0/s1. The molecule has 0 aliphatic carbocycles. The molecule has 0 bridgehead atoms. The van der Waals surface area contributed by atoms with Gasteiger partial charge in [-0.3, -0.25) is 14.7 Å². The van der Waals surface area contributed by atoms with Gasteiger partial charge in [-0.1, -0.05) is 48.0 Å². The maximum atomic E-state index is 12.8. The van der Waals surface area contributed by atoms with E-state index >= 15 is 0 Å². The van der Waals surface area contributed by atoms with Crippen LogP contribution >= 0.6 is 0 Å². The Morgan fingerprint density at radius 3 is 2.50 bits per heavy atom. The zero-order valence-corrected chi connectivity index (χ0v) is 14.6. The van der Waals surface area contributed by atoms with E-state index < -0.39 is 6.04 Å². The highest BCUT2D eigenvalue weighted by molar-refractivity contribution is 6.02. The topological polar surface area (TPSA) is 86.9 Å². The molecule has 6 heteroatoms. The van der Waals surface area contributed by atoms with Crippen molar-refractivity contribution < 1.29 is 9.59 Å². The number of nitrogens with one attached hydrogen (secondary N) is 3. The lowest BCUT2D eigenvalue weighted by Crippen LogP contribution is -2.37. The van der Waals surface area contributed by atoms with Gasteiger partial charge in [0, 0.05) is 11.6 Å². The molecule has 0 saturated heterocycles. The predicted molar refractivity (Wildman–Crippen MR) is 99.8 cm³/mol. The lowest BCUT2D eigenvalue weighted by atomic mass is 10.0. The molecule has 1 atom stereocenters. The predicted octanol–water partition coefficient (Wildman–Crippen LogP) is 3.14. The molecule has 0 aliphatic rings. The van der Waals surface area contributed by atoms with Gasteiger partial charge in [0.15, 0.2) is 0 Å². The molecule has 2 aromatic carbocycles. The molecule has 3 aromatic rings. The first-order chi connectivity index (χ1) is 12.5. The van der Waals surface area contributed by atoms with E-state index in [1.165, 1.54) is 0 Å². The summed E-state index contributed by atoms with van der Waals surface area (Å²) in [4.78, 5) is 25.6. The monoisotopic (exact) mass is 348 g/mol. The van der Waals surface area contributed by atoms with Crippen LogP contribution in [0.5, 0.6) is 0 Å². The first kappa shape index (κ1) is 17.4. The highest BCUT2D eigenvalue weighted by Gasteiger charge is 2.24. The molecule has 26 heavy (non-hydrogen) atoms. The van der Waals surface area contributed by atoms with Crippen molar-refractivity contribution in [2.75, 3.05) is 5.32 Å². The summed E-state index contributed by atoms with van der Waals surface area (Å²) in [6.45, 7) is 3.80. The number of amides is 2. The van der Waals surface area contributed by atoms with Gasteiger partial charge in [-0.2, -0.15) is 5.10 Å². The Morgan fingerprint density at radius 1 is 1.04 bits per heavy atom. The minimum Gasteiger partial charge on any atom is -0.336 e. The number of anilines is 1. The first-order valence-electron chi connectivity index (χ1n) is 8.28. The quantitative estimate of drug-likeness (QED) is 0.662. The number of carbonyl (C=O) groups excluding carboxylic acids is 2. The Labute approximate surface area is 151 Å². The van der Waals surface area contributed by atoms with Crippen LogP contribution in [-0.2, 0) is 4.79 Å². The number of hydrogen-bond donors (Lipinski definition) is 3. The molecule has 0 aliphatic heterocycles. The van der Waals surface area contributed by atoms with Crippen LogP contribution in [0.15, 0.2) is 60.8 Å². The van der Waals surface area contributed by atoms with Gasteiger partial charge in [0.05, 0.1) is 6.20 Å². The molecule has 132 valence electrons. The maximum absolute atomic E-state index is 12.8. The SMILES string of the molecule is Cc1ccc(C)c(C(=O)N[C@H](C(=O)Nc2ccn[nH]2)c2ccccc2)c1. The van der Waals surface area contributed by atoms with E-state index in [-0.39, 0.29) is 11.8 Å². The second-order valence-corrected chi connectivity index (χ2v) is 6.10. The van der Waals surface area contributed by atoms with E-state index in [1.54, 1.807) is 24.4 Å². The van der Waals surface area contributed by atoms with Crippen molar-refractivity contribution in [3.63, 3.8) is 0 Å². The summed E-state index contributed by atoms with van der Waals surface area (Å²) in [7, 11) is 0. The van der Waals surface area contributed by atoms with Gasteiger partial charge < -0.3 is 10.6 Å². The second-order valence-electron chi connectivity index (χ2n) is 6.10. The Bertz CT molecular complexity index is 905. The van der Waals surface area contributed by atoms with Crippen LogP contribution in [0.1, 0.15) is 33.1 Å². The van der Waals surface area contributed by atoms with E-state index in [9.17, 15) is 9.59 Å². The number of aromatic amines is 1. The van der Waals surface area contributed by atoms with Gasteiger partial charge >= 0.3 is 0 Å². The number of nitrogens with zero attached hydrogens (tertiary/aromatic N) is 1. The molecule has 1 aromatic heterocycles. The van der Waals surface area contributed by atoms with Crippen molar-refractivity contribution in [1.82, 2.24) is 15.5 Å². The molecule has 0 spiro atoms. The Morgan fingerprint density at radius 2 is 1.81 bits per heavy atom. The van der Waals surface area contributed by atoms with Crippen molar-refractivity contribution in [2.45, 2.75) is 19.9 Å². The highest BCUT2D eigenvalue weighted by atomic mass is 16.2. The Kier molecular flexibility index (Phi) is 5.12. The molecule has 1 heterocycles. The van der Waals surface area contributed by atoms with Crippen molar-refractivity contribution in [3.8, 4) is 0 Å². The summed E-state index contributed by atoms with van der Waals surface area (Å²) < 4.78 is 0. The number of carbonyl (C=O) groups is 2. The van der Waals surface area contributed by atoms with Crippen LogP contribution in [0.4, 0.5) is 5.82 Å². The Hall–Kier alpha value is -3.41. The third-order valence-electron chi connectivity index (χ3n) is 4.07. The fraction of sp³-hybridized carbons (Fsp3) is 0.150. The second kappa shape index (κ2) is 7.65. The Balaban J connectivity index is 1.87. The smallest absolute Gasteiger partial charge is 0.252 e. The molecule has 0 unspecified atom stereocenters. The van der Waals surface area contributed by atoms with Crippen LogP contribution in [0.2, 0.25) is 0 Å². The molecule has 3 N–H and O–H groups in total. The lowest BCUT2D eigenvalue weighted by molar-refractivity contribution is -0.118. The number of aryl methyl sites for hydroxylation is 2. The molecule has 0 saturated carbocycles. The number of aromatic nitrogens is 2. The minimum absolute atomic E-state index is 0.292. The number of rotatable bonds is 5. The van der Waals surface area contributed by atoms with Crippen molar-refractivity contribution in [1.29, 1.82) is 0 Å². The molecular formula is C20H20N4O2. The van der Waals surface area contributed by atoms with Gasteiger partial charge in [0.25, 0.3) is 11.8 Å². The maximum Gasteiger partial charge on any atom is 0.252 e. The lowest BCUT2D eigenvalue weighted by Gasteiger charge is -2.19. The van der Waals surface area contributed by atoms with E-state index in [0.29, 0.717) is 16.9 Å². The summed E-state index contributed by atoms with van der Waals surface area (Å²) in [6.07, 6.45) is 1.54. The zero-order valence-electron chi connectivity index (χ0n) is 14.6. The van der Waals surface area contributed by atoms with E-state index in [0.717, 1.165) is 11.1 Å². The average Bonchev–Trinajstić information content (AvgIpc) is 3.15. The van der Waals surface area contributed by atoms with Gasteiger partial charge in [-0.15, -0.1) is 0 Å². The van der Waals surface area contributed by atoms with Crippen LogP contribution in [-0.4, -0.2) is 22.0 Å². The molecule has 0 radical (unpaired) electrons. The molecular weight excluding hydrogens is 328 g/mol. The molecule has 2 amide bonds. The van der Waals surface area contributed by atoms with Crippen molar-refractivity contribution in [3.05, 3.63) is 83.0 Å². The number of H-pyrrole nitrogens is 1. The zero-order chi connectivity index (χ0) is 18.5. The van der Waals surface area contributed by atoms with Gasteiger partial charge in [-0.25, -0.2) is 0 Å². The van der Waals surface area contributed by atoms with Crippen LogP contribution in [0.25, 0.3) is 0 Å². The van der Waals surface area contributed by atoms with E-state index in [1.807, 2.05) is 50.2 Å². The third-order valence-corrected chi connectivity index (χ3v) is 4.07. The third kappa shape index (κ3) is 3.97. The summed E-state index contributed by atoms with van der Waals surface area (Å²) in [6, 6.07) is 15.6. The minimum atomic E-state index is -0.827. The van der Waals surface area contributed by atoms with E-state index in [2.05, 4.69) is 20.8 Å². The van der Waals surface area contributed by atoms with Gasteiger partial charge in [0.1, 0.15) is 11.9 Å². The summed E-state index contributed by atoms with van der Waals surface area (Å²) in [5.41, 5.74) is 3.09. The molecule has 3 rings (SSSR count). The summed E-state index contributed by atoms with van der Waals surface area (Å²) >= 11 is 0. The highest BCUT2D eigenvalue weighted by Crippen LogP contribution is 2.18. The number of hydrogen-bond acceptors (Lipinski definition) is 3. The van der Waals surface area contributed by atoms with Crippen LogP contribution in [0.3, 0.4) is 0 Å². The molecule has 0 fully saturated rings. The summed E-state index contributed by atoms with van der Waals surface area (Å²) in [5.74, 6) is -0.171. The van der Waals surface area contributed by atoms with Gasteiger partial charge in [-0.05, 0) is 31.0 Å². The van der Waals surface area contributed by atoms with Crippen molar-refractivity contribution >= 4 is 17.6 Å². The fourth-order valence-electron chi connectivity index (χ4n) is 2.67. The largest absolute Gasteiger partial charge is 0.336 e. The van der Waals surface area contributed by atoms with Crippen molar-refractivity contribution in [2.24, 2.45) is 0 Å². The summed E-state index contributed by atoms with van der Waals surface area (Å²) in [5, 5.41) is 12.1. The van der Waals surface area contributed by atoms with Crippen LogP contribution < -0.4 is 10.6 Å². The fourth-order valence-corrected chi connectivity index (χ4v) is 2.67. The normalized spacial score (nSPS) is 11.6.